The molecule has 1 fully saturated rings. The van der Waals surface area contributed by atoms with Crippen LogP contribution < -0.4 is 15.0 Å². The Hall–Kier alpha value is -2.57. The maximum Gasteiger partial charge on any atom is 0.225 e. The first-order chi connectivity index (χ1) is 15.1. The van der Waals surface area contributed by atoms with E-state index in [0.717, 1.165) is 44.9 Å². The van der Waals surface area contributed by atoms with Crippen LogP contribution in [0, 0.1) is 5.92 Å². The molecule has 0 saturated carbocycles. The molecular weight excluding hydrogens is 388 g/mol. The number of piperazine rings is 1. The molecule has 31 heavy (non-hydrogen) atoms. The normalized spacial score (nSPS) is 20.8. The van der Waals surface area contributed by atoms with E-state index in [1.807, 2.05) is 44.4 Å². The van der Waals surface area contributed by atoms with Crippen LogP contribution in [0.4, 0.5) is 5.69 Å². The lowest BCUT2D eigenvalue weighted by Gasteiger charge is -2.49. The molecule has 2 heterocycles. The number of fused-ring (bicyclic) bond motifs is 3. The lowest BCUT2D eigenvalue weighted by Crippen LogP contribution is -2.61. The van der Waals surface area contributed by atoms with Gasteiger partial charge in [0.1, 0.15) is 12.4 Å². The number of nitrogens with zero attached hydrogens (tertiary/aromatic N) is 3. The number of hydrogen-bond acceptors (Lipinski definition) is 5. The highest BCUT2D eigenvalue weighted by Crippen LogP contribution is 2.35. The zero-order valence-electron chi connectivity index (χ0n) is 18.7. The van der Waals surface area contributed by atoms with E-state index in [2.05, 4.69) is 44.3 Å². The van der Waals surface area contributed by atoms with Crippen molar-refractivity contribution in [3.63, 3.8) is 0 Å². The maximum absolute atomic E-state index is 13.2. The van der Waals surface area contributed by atoms with Gasteiger partial charge in [-0.3, -0.25) is 9.69 Å². The van der Waals surface area contributed by atoms with Gasteiger partial charge in [0.15, 0.2) is 0 Å². The second-order valence-corrected chi connectivity index (χ2v) is 8.76. The van der Waals surface area contributed by atoms with Crippen LogP contribution in [0.25, 0.3) is 0 Å². The Labute approximate surface area is 185 Å². The third-order valence-electron chi connectivity index (χ3n) is 6.32. The molecule has 2 aromatic rings. The van der Waals surface area contributed by atoms with Gasteiger partial charge in [0.05, 0.1) is 12.0 Å². The van der Waals surface area contributed by atoms with Crippen LogP contribution in [0.5, 0.6) is 5.75 Å². The number of benzene rings is 2. The minimum absolute atomic E-state index is 0.0325. The summed E-state index contributed by atoms with van der Waals surface area (Å²) in [7, 11) is 4.06. The highest BCUT2D eigenvalue weighted by molar-refractivity contribution is 5.82. The summed E-state index contributed by atoms with van der Waals surface area (Å²) in [6.07, 6.45) is 0.805. The Morgan fingerprint density at radius 3 is 2.68 bits per heavy atom. The third kappa shape index (κ3) is 5.38. The average Bonchev–Trinajstić information content (AvgIpc) is 2.79. The van der Waals surface area contributed by atoms with Gasteiger partial charge in [-0.2, -0.15) is 0 Å². The number of amides is 1. The molecule has 2 aromatic carbocycles. The number of hydrogen-bond donors (Lipinski definition) is 1. The Morgan fingerprint density at radius 1 is 1.10 bits per heavy atom. The van der Waals surface area contributed by atoms with Crippen molar-refractivity contribution in [2.24, 2.45) is 5.92 Å². The molecule has 4 rings (SSSR count). The summed E-state index contributed by atoms with van der Waals surface area (Å²) in [5.74, 6) is 1.05. The summed E-state index contributed by atoms with van der Waals surface area (Å²) >= 11 is 0. The molecule has 1 amide bonds. The molecule has 1 N–H and O–H groups in total. The van der Waals surface area contributed by atoms with Gasteiger partial charge >= 0.3 is 0 Å². The van der Waals surface area contributed by atoms with Crippen molar-refractivity contribution in [3.05, 3.63) is 60.2 Å². The molecule has 2 unspecified atom stereocenters. The van der Waals surface area contributed by atoms with Gasteiger partial charge in [-0.1, -0.05) is 36.4 Å². The first-order valence-corrected chi connectivity index (χ1v) is 11.3. The Morgan fingerprint density at radius 2 is 1.87 bits per heavy atom. The smallest absolute Gasteiger partial charge is 0.225 e. The van der Waals surface area contributed by atoms with Crippen LogP contribution >= 0.6 is 0 Å². The van der Waals surface area contributed by atoms with Crippen LogP contribution in [0.1, 0.15) is 5.56 Å². The summed E-state index contributed by atoms with van der Waals surface area (Å²) in [5.41, 5.74) is 2.58. The second-order valence-electron chi connectivity index (χ2n) is 8.76. The molecule has 6 heteroatoms. The monoisotopic (exact) mass is 422 g/mol. The van der Waals surface area contributed by atoms with Gasteiger partial charge in [0.2, 0.25) is 5.91 Å². The van der Waals surface area contributed by atoms with Crippen LogP contribution in [0.3, 0.4) is 0 Å². The fourth-order valence-electron chi connectivity index (χ4n) is 4.66. The first kappa shape index (κ1) is 21.7. The number of anilines is 1. The van der Waals surface area contributed by atoms with E-state index in [-0.39, 0.29) is 17.9 Å². The van der Waals surface area contributed by atoms with E-state index >= 15 is 0 Å². The number of carbonyl (C=O) groups excluding carboxylic acids is 1. The van der Waals surface area contributed by atoms with Gasteiger partial charge in [-0.15, -0.1) is 0 Å². The van der Waals surface area contributed by atoms with Crippen LogP contribution in [0.2, 0.25) is 0 Å². The summed E-state index contributed by atoms with van der Waals surface area (Å²) < 4.78 is 5.91. The van der Waals surface area contributed by atoms with Crippen LogP contribution in [0.15, 0.2) is 54.6 Å². The SMILES string of the molecule is CN(C)CCNC(=O)C1Cc2ccccc2N2CCN(CCOc3ccccc3)CC12. The van der Waals surface area contributed by atoms with Gasteiger partial charge in [0.25, 0.3) is 0 Å². The van der Waals surface area contributed by atoms with Crippen LogP contribution in [-0.2, 0) is 11.2 Å². The maximum atomic E-state index is 13.2. The van der Waals surface area contributed by atoms with Crippen molar-refractivity contribution in [2.75, 3.05) is 64.9 Å². The highest BCUT2D eigenvalue weighted by Gasteiger charge is 2.41. The van der Waals surface area contributed by atoms with Crippen molar-refractivity contribution in [1.29, 1.82) is 0 Å². The van der Waals surface area contributed by atoms with Crippen molar-refractivity contribution in [2.45, 2.75) is 12.5 Å². The van der Waals surface area contributed by atoms with Gasteiger partial charge in [-0.25, -0.2) is 0 Å². The zero-order chi connectivity index (χ0) is 21.6. The lowest BCUT2D eigenvalue weighted by molar-refractivity contribution is -0.126. The predicted octanol–water partition coefficient (Wildman–Crippen LogP) is 2.11. The zero-order valence-corrected chi connectivity index (χ0v) is 18.7. The molecule has 0 aliphatic carbocycles. The fraction of sp³-hybridized carbons (Fsp3) is 0.480. The van der Waals surface area contributed by atoms with Gasteiger partial charge in [0, 0.05) is 45.0 Å². The van der Waals surface area contributed by atoms with Crippen LogP contribution in [-0.4, -0.2) is 81.7 Å². The van der Waals surface area contributed by atoms with Crippen molar-refractivity contribution >= 4 is 11.6 Å². The molecule has 2 aliphatic rings. The van der Waals surface area contributed by atoms with Crippen molar-refractivity contribution < 1.29 is 9.53 Å². The summed E-state index contributed by atoms with van der Waals surface area (Å²) in [4.78, 5) is 20.2. The number of rotatable bonds is 8. The number of likely N-dealkylation sites (N-methyl/N-ethyl adjacent to an activating group) is 1. The molecule has 166 valence electrons. The van der Waals surface area contributed by atoms with Crippen molar-refractivity contribution in [1.82, 2.24) is 15.1 Å². The summed E-state index contributed by atoms with van der Waals surface area (Å²) in [6, 6.07) is 18.7. The van der Waals surface area contributed by atoms with E-state index in [1.165, 1.54) is 11.3 Å². The molecule has 1 saturated heterocycles. The lowest BCUT2D eigenvalue weighted by atomic mass is 9.83. The quantitative estimate of drug-likeness (QED) is 0.706. The predicted molar refractivity (Wildman–Crippen MR) is 125 cm³/mol. The average molecular weight is 423 g/mol. The topological polar surface area (TPSA) is 48.1 Å². The van der Waals surface area contributed by atoms with Gasteiger partial charge < -0.3 is 19.9 Å². The van der Waals surface area contributed by atoms with E-state index in [0.29, 0.717) is 13.2 Å². The fourth-order valence-corrected chi connectivity index (χ4v) is 4.66. The molecule has 0 radical (unpaired) electrons. The molecule has 0 aromatic heterocycles. The number of carbonyl (C=O) groups is 1. The summed E-state index contributed by atoms with van der Waals surface area (Å²) in [5, 5.41) is 3.18. The van der Waals surface area contributed by atoms with E-state index in [1.54, 1.807) is 0 Å². The highest BCUT2D eigenvalue weighted by atomic mass is 16.5. The summed E-state index contributed by atoms with van der Waals surface area (Å²) in [6.45, 7) is 5.88. The van der Waals surface area contributed by atoms with Crippen molar-refractivity contribution in [3.8, 4) is 5.75 Å². The Kier molecular flexibility index (Phi) is 7.10. The third-order valence-corrected chi connectivity index (χ3v) is 6.32. The Bertz CT molecular complexity index is 858. The minimum Gasteiger partial charge on any atom is -0.492 e. The standard InChI is InChI=1S/C25H34N4O2/c1-27(2)13-12-26-25(30)22-18-20-8-6-7-11-23(20)29-15-14-28(19-24(22)29)16-17-31-21-9-4-3-5-10-21/h3-11,22,24H,12-19H2,1-2H3,(H,26,30). The molecule has 0 bridgehead atoms. The molecule has 6 nitrogen and oxygen atoms in total. The number of ether oxygens (including phenoxy) is 1. The molecule has 2 atom stereocenters. The molecule has 0 spiro atoms. The number of nitrogens with one attached hydrogen (secondary N) is 1. The van der Waals surface area contributed by atoms with E-state index in [4.69, 9.17) is 4.74 Å². The van der Waals surface area contributed by atoms with Gasteiger partial charge in [-0.05, 0) is 44.3 Å². The first-order valence-electron chi connectivity index (χ1n) is 11.3. The number of para-hydroxylation sites is 2. The molecular formula is C25H34N4O2. The Balaban J connectivity index is 1.41. The molecule has 2 aliphatic heterocycles. The van der Waals surface area contributed by atoms with E-state index < -0.39 is 0 Å². The largest absolute Gasteiger partial charge is 0.492 e. The minimum atomic E-state index is -0.0325. The van der Waals surface area contributed by atoms with E-state index in [9.17, 15) is 4.79 Å². The second kappa shape index (κ2) is 10.2.